The zero-order chi connectivity index (χ0) is 8.53. The number of benzene rings is 1. The molecule has 1 N–H and O–H groups in total. The van der Waals surface area contributed by atoms with Crippen LogP contribution in [0.3, 0.4) is 0 Å². The highest BCUT2D eigenvalue weighted by molar-refractivity contribution is 6.17. The lowest BCUT2D eigenvalue weighted by molar-refractivity contribution is 0.476. The van der Waals surface area contributed by atoms with E-state index in [9.17, 15) is 0 Å². The van der Waals surface area contributed by atoms with E-state index >= 15 is 0 Å². The summed E-state index contributed by atoms with van der Waals surface area (Å²) in [4.78, 5) is 0. The third kappa shape index (κ3) is 5.49. The quantitative estimate of drug-likeness (QED) is 0.507. The van der Waals surface area contributed by atoms with Gasteiger partial charge in [-0.3, -0.25) is 0 Å². The second kappa shape index (κ2) is 7.16. The third-order valence-electron chi connectivity index (χ3n) is 0.997. The Labute approximate surface area is 71.9 Å². The minimum absolute atomic E-state index is 0.612. The molecule has 0 heterocycles. The molecule has 1 aromatic rings. The van der Waals surface area contributed by atoms with Crippen LogP contribution >= 0.6 is 11.6 Å². The van der Waals surface area contributed by atoms with E-state index in [0.717, 1.165) is 6.26 Å². The number of hydrogen-bond donors (Lipinski definition) is 1. The van der Waals surface area contributed by atoms with E-state index in [1.165, 1.54) is 5.56 Å². The van der Waals surface area contributed by atoms with E-state index in [-0.39, 0.29) is 0 Å². The predicted molar refractivity (Wildman–Crippen MR) is 48.8 cm³/mol. The SMILES string of the molecule is C=CO.ClCc1ccccc1. The van der Waals surface area contributed by atoms with Crippen molar-refractivity contribution in [2.24, 2.45) is 0 Å². The summed E-state index contributed by atoms with van der Waals surface area (Å²) in [7, 11) is 0. The topological polar surface area (TPSA) is 20.2 Å². The summed E-state index contributed by atoms with van der Waals surface area (Å²) in [6, 6.07) is 9.96. The predicted octanol–water partition coefficient (Wildman–Crippen LogP) is 3.11. The van der Waals surface area contributed by atoms with Crippen molar-refractivity contribution >= 4 is 11.6 Å². The van der Waals surface area contributed by atoms with Gasteiger partial charge in [0.05, 0.1) is 6.26 Å². The number of aliphatic hydroxyl groups excluding tert-OH is 1. The van der Waals surface area contributed by atoms with Gasteiger partial charge in [-0.15, -0.1) is 11.6 Å². The Hall–Kier alpha value is -0.950. The Morgan fingerprint density at radius 2 is 1.82 bits per heavy atom. The first-order valence-electron chi connectivity index (χ1n) is 3.20. The van der Waals surface area contributed by atoms with Gasteiger partial charge in [0.15, 0.2) is 0 Å². The summed E-state index contributed by atoms with van der Waals surface area (Å²) in [5, 5.41) is 7.33. The molecule has 2 heteroatoms. The van der Waals surface area contributed by atoms with Gasteiger partial charge in [-0.25, -0.2) is 0 Å². The molecule has 1 rings (SSSR count). The number of rotatable bonds is 1. The van der Waals surface area contributed by atoms with E-state index in [1.54, 1.807) is 0 Å². The first-order valence-corrected chi connectivity index (χ1v) is 3.73. The van der Waals surface area contributed by atoms with Crippen LogP contribution < -0.4 is 0 Å². The smallest absolute Gasteiger partial charge is 0.0719 e. The van der Waals surface area contributed by atoms with Crippen molar-refractivity contribution in [1.82, 2.24) is 0 Å². The Bertz CT molecular complexity index is 184. The maximum Gasteiger partial charge on any atom is 0.0719 e. The van der Waals surface area contributed by atoms with E-state index < -0.39 is 0 Å². The normalized spacial score (nSPS) is 7.73. The van der Waals surface area contributed by atoms with Gasteiger partial charge in [0.1, 0.15) is 0 Å². The largest absolute Gasteiger partial charge is 0.516 e. The molecule has 0 aliphatic carbocycles. The summed E-state index contributed by atoms with van der Waals surface area (Å²) in [6.45, 7) is 2.92. The molecule has 0 aliphatic rings. The Balaban J connectivity index is 0.000000292. The van der Waals surface area contributed by atoms with Crippen LogP contribution in [0.1, 0.15) is 5.56 Å². The van der Waals surface area contributed by atoms with Crippen molar-refractivity contribution in [3.8, 4) is 0 Å². The van der Waals surface area contributed by atoms with Crippen LogP contribution in [0.5, 0.6) is 0 Å². The van der Waals surface area contributed by atoms with Crippen LogP contribution in [0.15, 0.2) is 43.2 Å². The van der Waals surface area contributed by atoms with Gasteiger partial charge in [-0.2, -0.15) is 0 Å². The van der Waals surface area contributed by atoms with Gasteiger partial charge in [0, 0.05) is 5.88 Å². The van der Waals surface area contributed by atoms with Crippen LogP contribution in [-0.2, 0) is 5.88 Å². The molecular formula is C9H11ClO. The van der Waals surface area contributed by atoms with Gasteiger partial charge >= 0.3 is 0 Å². The third-order valence-corrected chi connectivity index (χ3v) is 1.31. The number of aliphatic hydroxyl groups is 1. The molecule has 0 unspecified atom stereocenters. The molecule has 0 amide bonds. The van der Waals surface area contributed by atoms with E-state index in [1.807, 2.05) is 30.3 Å². The fourth-order valence-corrected chi connectivity index (χ4v) is 0.745. The van der Waals surface area contributed by atoms with Gasteiger partial charge in [0.25, 0.3) is 0 Å². The molecule has 0 aromatic heterocycles. The van der Waals surface area contributed by atoms with Crippen molar-refractivity contribution in [2.45, 2.75) is 5.88 Å². The van der Waals surface area contributed by atoms with E-state index in [2.05, 4.69) is 6.58 Å². The van der Waals surface area contributed by atoms with E-state index in [4.69, 9.17) is 16.7 Å². The minimum Gasteiger partial charge on any atom is -0.516 e. The minimum atomic E-state index is 0.612. The Morgan fingerprint density at radius 1 is 1.36 bits per heavy atom. The summed E-state index contributed by atoms with van der Waals surface area (Å²) in [5.74, 6) is 0.612. The van der Waals surface area contributed by atoms with Crippen LogP contribution in [-0.4, -0.2) is 5.11 Å². The van der Waals surface area contributed by atoms with Gasteiger partial charge in [-0.1, -0.05) is 36.9 Å². The van der Waals surface area contributed by atoms with Crippen LogP contribution in [0, 0.1) is 0 Å². The molecule has 0 aliphatic heterocycles. The number of hydrogen-bond acceptors (Lipinski definition) is 1. The maximum atomic E-state index is 7.33. The molecule has 0 bridgehead atoms. The summed E-state index contributed by atoms with van der Waals surface area (Å²) < 4.78 is 0. The Morgan fingerprint density at radius 3 is 2.09 bits per heavy atom. The standard InChI is InChI=1S/C7H7Cl.C2H4O/c8-6-7-4-2-1-3-5-7;1-2-3/h1-5H,6H2;2-3H,1H2. The van der Waals surface area contributed by atoms with Crippen molar-refractivity contribution in [2.75, 3.05) is 0 Å². The second-order valence-corrected chi connectivity index (χ2v) is 2.07. The molecule has 0 spiro atoms. The van der Waals surface area contributed by atoms with Crippen molar-refractivity contribution < 1.29 is 5.11 Å². The van der Waals surface area contributed by atoms with Gasteiger partial charge < -0.3 is 5.11 Å². The summed E-state index contributed by atoms with van der Waals surface area (Å²) in [6.07, 6.45) is 0.750. The monoisotopic (exact) mass is 170 g/mol. The second-order valence-electron chi connectivity index (χ2n) is 1.80. The molecule has 0 saturated carbocycles. The van der Waals surface area contributed by atoms with Crippen molar-refractivity contribution in [3.05, 3.63) is 48.7 Å². The maximum absolute atomic E-state index is 7.33. The molecule has 0 saturated heterocycles. The average Bonchev–Trinajstić information content (AvgIpc) is 2.08. The average molecular weight is 171 g/mol. The first kappa shape index (κ1) is 10.0. The zero-order valence-corrected chi connectivity index (χ0v) is 6.96. The molecular weight excluding hydrogens is 160 g/mol. The van der Waals surface area contributed by atoms with Crippen molar-refractivity contribution in [3.63, 3.8) is 0 Å². The molecule has 0 radical (unpaired) electrons. The fourth-order valence-electron chi connectivity index (χ4n) is 0.567. The van der Waals surface area contributed by atoms with Crippen LogP contribution in [0.4, 0.5) is 0 Å². The summed E-state index contributed by atoms with van der Waals surface area (Å²) >= 11 is 5.53. The number of halogens is 1. The molecule has 11 heavy (non-hydrogen) atoms. The lowest BCUT2D eigenvalue weighted by Gasteiger charge is -1.88. The van der Waals surface area contributed by atoms with Crippen LogP contribution in [0.2, 0.25) is 0 Å². The molecule has 1 nitrogen and oxygen atoms in total. The highest BCUT2D eigenvalue weighted by Gasteiger charge is 1.81. The Kier molecular flexibility index (Phi) is 6.54. The highest BCUT2D eigenvalue weighted by Crippen LogP contribution is 2.00. The number of alkyl halides is 1. The lowest BCUT2D eigenvalue weighted by atomic mass is 10.2. The molecule has 0 atom stereocenters. The molecule has 1 aromatic carbocycles. The van der Waals surface area contributed by atoms with Crippen LogP contribution in [0.25, 0.3) is 0 Å². The first-order chi connectivity index (χ1) is 5.35. The molecule has 60 valence electrons. The molecule has 0 fully saturated rings. The zero-order valence-electron chi connectivity index (χ0n) is 6.20. The van der Waals surface area contributed by atoms with Gasteiger partial charge in [0.2, 0.25) is 0 Å². The summed E-state index contributed by atoms with van der Waals surface area (Å²) in [5.41, 5.74) is 1.18. The fraction of sp³-hybridized carbons (Fsp3) is 0.111. The van der Waals surface area contributed by atoms with Crippen molar-refractivity contribution in [1.29, 1.82) is 0 Å². The highest BCUT2D eigenvalue weighted by atomic mass is 35.5. The van der Waals surface area contributed by atoms with E-state index in [0.29, 0.717) is 5.88 Å². The van der Waals surface area contributed by atoms with Gasteiger partial charge in [-0.05, 0) is 5.56 Å². The lowest BCUT2D eigenvalue weighted by Crippen LogP contribution is -1.71.